The molecule has 2 nitrogen and oxygen atoms in total. The number of fused-ring (bicyclic) bond motifs is 1. The Morgan fingerprint density at radius 1 is 1.42 bits per heavy atom. The van der Waals surface area contributed by atoms with Crippen LogP contribution in [0.4, 0.5) is 0 Å². The molecule has 1 aliphatic heterocycles. The van der Waals surface area contributed by atoms with Crippen LogP contribution < -0.4 is 5.32 Å². The van der Waals surface area contributed by atoms with Gasteiger partial charge >= 0.3 is 0 Å². The molecule has 3 unspecified atom stereocenters. The molecular weight excluding hydrogens is 276 g/mol. The van der Waals surface area contributed by atoms with E-state index in [4.69, 9.17) is 16.6 Å². The number of hydrogen-bond acceptors (Lipinski definition) is 3. The number of halogens is 1. The van der Waals surface area contributed by atoms with Crippen LogP contribution in [0.5, 0.6) is 0 Å². The Bertz CT molecular complexity index is 489. The Labute approximate surface area is 124 Å². The van der Waals surface area contributed by atoms with Gasteiger partial charge in [-0.1, -0.05) is 41.9 Å². The third-order valence-corrected chi connectivity index (χ3v) is 5.35. The molecule has 1 N–H and O–H groups in total. The average molecular weight is 295 g/mol. The molecule has 0 saturated heterocycles. The zero-order valence-electron chi connectivity index (χ0n) is 11.1. The van der Waals surface area contributed by atoms with E-state index in [-0.39, 0.29) is 6.04 Å². The minimum atomic E-state index is 0.253. The van der Waals surface area contributed by atoms with Crippen molar-refractivity contribution in [1.82, 2.24) is 5.32 Å². The first-order valence-corrected chi connectivity index (χ1v) is 8.31. The Morgan fingerprint density at radius 3 is 3.16 bits per heavy atom. The van der Waals surface area contributed by atoms with Gasteiger partial charge in [-0.05, 0) is 43.4 Å². The molecule has 1 fully saturated rings. The highest BCUT2D eigenvalue weighted by molar-refractivity contribution is 8.13. The van der Waals surface area contributed by atoms with Crippen LogP contribution in [0.15, 0.2) is 29.3 Å². The summed E-state index contributed by atoms with van der Waals surface area (Å²) < 4.78 is 0. The maximum atomic E-state index is 6.04. The van der Waals surface area contributed by atoms with E-state index in [1.165, 1.54) is 30.6 Å². The number of rotatable bonds is 2. The van der Waals surface area contributed by atoms with Crippen LogP contribution in [-0.2, 0) is 0 Å². The summed E-state index contributed by atoms with van der Waals surface area (Å²) in [6.07, 6.45) is 3.97. The van der Waals surface area contributed by atoms with E-state index < -0.39 is 0 Å². The van der Waals surface area contributed by atoms with Crippen LogP contribution in [0.3, 0.4) is 0 Å². The van der Waals surface area contributed by atoms with Gasteiger partial charge in [-0.25, -0.2) is 0 Å². The molecule has 102 valence electrons. The van der Waals surface area contributed by atoms with Gasteiger partial charge in [0, 0.05) is 10.8 Å². The molecule has 1 aliphatic carbocycles. The van der Waals surface area contributed by atoms with Crippen LogP contribution in [0.1, 0.15) is 37.8 Å². The van der Waals surface area contributed by atoms with Gasteiger partial charge in [0.15, 0.2) is 5.17 Å². The summed E-state index contributed by atoms with van der Waals surface area (Å²) in [7, 11) is 0. The highest BCUT2D eigenvalue weighted by Crippen LogP contribution is 2.35. The van der Waals surface area contributed by atoms with E-state index >= 15 is 0 Å². The van der Waals surface area contributed by atoms with Gasteiger partial charge in [-0.15, -0.1) is 0 Å². The molecule has 1 saturated carbocycles. The van der Waals surface area contributed by atoms with Crippen molar-refractivity contribution in [3.05, 3.63) is 34.9 Å². The van der Waals surface area contributed by atoms with Crippen LogP contribution in [0.2, 0.25) is 5.02 Å². The molecule has 0 radical (unpaired) electrons. The van der Waals surface area contributed by atoms with Gasteiger partial charge in [0.05, 0.1) is 12.1 Å². The maximum absolute atomic E-state index is 6.04. The third-order valence-electron chi connectivity index (χ3n) is 4.02. The SMILES string of the molecule is CC(NC1=NC2CCCC2CS1)c1cccc(Cl)c1. The van der Waals surface area contributed by atoms with Crippen molar-refractivity contribution < 1.29 is 0 Å². The lowest BCUT2D eigenvalue weighted by Crippen LogP contribution is -2.31. The normalized spacial score (nSPS) is 27.6. The fourth-order valence-electron chi connectivity index (χ4n) is 2.88. The minimum Gasteiger partial charge on any atom is -0.358 e. The number of nitrogens with zero attached hydrogens (tertiary/aromatic N) is 1. The van der Waals surface area contributed by atoms with E-state index in [2.05, 4.69) is 18.3 Å². The second-order valence-electron chi connectivity index (χ2n) is 5.42. The summed E-state index contributed by atoms with van der Waals surface area (Å²) >= 11 is 7.91. The molecule has 0 spiro atoms. The first-order valence-electron chi connectivity index (χ1n) is 6.95. The van der Waals surface area contributed by atoms with Gasteiger partial charge in [-0.2, -0.15) is 0 Å². The predicted octanol–water partition coefficient (Wildman–Crippen LogP) is 4.26. The smallest absolute Gasteiger partial charge is 0.157 e. The number of benzene rings is 1. The summed E-state index contributed by atoms with van der Waals surface area (Å²) in [4.78, 5) is 4.87. The van der Waals surface area contributed by atoms with Crippen molar-refractivity contribution in [3.8, 4) is 0 Å². The van der Waals surface area contributed by atoms with E-state index in [1.807, 2.05) is 30.0 Å². The van der Waals surface area contributed by atoms with Crippen LogP contribution in [0.25, 0.3) is 0 Å². The van der Waals surface area contributed by atoms with Crippen molar-refractivity contribution in [2.24, 2.45) is 10.9 Å². The monoisotopic (exact) mass is 294 g/mol. The molecule has 4 heteroatoms. The van der Waals surface area contributed by atoms with Gasteiger partial charge in [0.2, 0.25) is 0 Å². The van der Waals surface area contributed by atoms with Gasteiger partial charge in [-0.3, -0.25) is 4.99 Å². The van der Waals surface area contributed by atoms with Crippen molar-refractivity contribution >= 4 is 28.5 Å². The predicted molar refractivity (Wildman–Crippen MR) is 84.0 cm³/mol. The van der Waals surface area contributed by atoms with E-state index in [1.54, 1.807) is 0 Å². The summed E-state index contributed by atoms with van der Waals surface area (Å²) in [5.74, 6) is 2.04. The lowest BCUT2D eigenvalue weighted by molar-refractivity contribution is 0.531. The lowest BCUT2D eigenvalue weighted by Gasteiger charge is -2.25. The van der Waals surface area contributed by atoms with Crippen LogP contribution in [0, 0.1) is 5.92 Å². The highest BCUT2D eigenvalue weighted by atomic mass is 35.5. The molecule has 19 heavy (non-hydrogen) atoms. The van der Waals surface area contributed by atoms with Gasteiger partial charge < -0.3 is 5.32 Å². The summed E-state index contributed by atoms with van der Waals surface area (Å²) in [5, 5.41) is 5.43. The maximum Gasteiger partial charge on any atom is 0.157 e. The molecule has 0 aromatic heterocycles. The average Bonchev–Trinajstić information content (AvgIpc) is 2.86. The van der Waals surface area contributed by atoms with Crippen molar-refractivity contribution in [2.45, 2.75) is 38.3 Å². The van der Waals surface area contributed by atoms with E-state index in [0.29, 0.717) is 6.04 Å². The number of nitrogens with one attached hydrogen (secondary N) is 1. The molecule has 2 aliphatic rings. The molecular formula is C15H19ClN2S. The van der Waals surface area contributed by atoms with Crippen LogP contribution >= 0.6 is 23.4 Å². The summed E-state index contributed by atoms with van der Waals surface area (Å²) in [5.41, 5.74) is 1.21. The van der Waals surface area contributed by atoms with Crippen molar-refractivity contribution in [1.29, 1.82) is 0 Å². The number of thioether (sulfide) groups is 1. The molecule has 3 atom stereocenters. The number of amidine groups is 1. The van der Waals surface area contributed by atoms with E-state index in [9.17, 15) is 0 Å². The van der Waals surface area contributed by atoms with Crippen LogP contribution in [-0.4, -0.2) is 17.0 Å². The number of hydrogen-bond donors (Lipinski definition) is 1. The first kappa shape index (κ1) is 13.3. The highest BCUT2D eigenvalue weighted by Gasteiger charge is 2.31. The zero-order valence-corrected chi connectivity index (χ0v) is 12.7. The van der Waals surface area contributed by atoms with Crippen molar-refractivity contribution in [2.75, 3.05) is 5.75 Å². The second-order valence-corrected chi connectivity index (χ2v) is 6.87. The molecule has 0 bridgehead atoms. The Balaban J connectivity index is 1.68. The molecule has 1 heterocycles. The minimum absolute atomic E-state index is 0.253. The quantitative estimate of drug-likeness (QED) is 0.881. The summed E-state index contributed by atoms with van der Waals surface area (Å²) in [6.45, 7) is 2.16. The van der Waals surface area contributed by atoms with E-state index in [0.717, 1.165) is 16.1 Å². The number of aliphatic imine (C=N–C) groups is 1. The topological polar surface area (TPSA) is 24.4 Å². The largest absolute Gasteiger partial charge is 0.358 e. The fraction of sp³-hybridized carbons (Fsp3) is 0.533. The Kier molecular flexibility index (Phi) is 4.04. The second kappa shape index (κ2) is 5.76. The molecule has 1 aromatic rings. The standard InChI is InChI=1S/C15H19ClN2S/c1-10(11-4-2-6-13(16)8-11)17-15-18-14-7-3-5-12(14)9-19-15/h2,4,6,8,10,12,14H,3,5,7,9H2,1H3,(H,17,18). The first-order chi connectivity index (χ1) is 9.22. The fourth-order valence-corrected chi connectivity index (χ4v) is 4.31. The third kappa shape index (κ3) is 3.09. The Hall–Kier alpha value is -0.670. The molecule has 3 rings (SSSR count). The molecule has 0 amide bonds. The summed E-state index contributed by atoms with van der Waals surface area (Å²) in [6, 6.07) is 8.85. The van der Waals surface area contributed by atoms with Gasteiger partial charge in [0.25, 0.3) is 0 Å². The van der Waals surface area contributed by atoms with Gasteiger partial charge in [0.1, 0.15) is 0 Å². The zero-order chi connectivity index (χ0) is 13.2. The molecule has 1 aromatic carbocycles. The Morgan fingerprint density at radius 2 is 2.32 bits per heavy atom. The van der Waals surface area contributed by atoms with Crippen molar-refractivity contribution in [3.63, 3.8) is 0 Å². The lowest BCUT2D eigenvalue weighted by atomic mass is 10.1.